The van der Waals surface area contributed by atoms with E-state index in [9.17, 15) is 4.79 Å². The van der Waals surface area contributed by atoms with Crippen molar-refractivity contribution >= 4 is 22.6 Å². The number of pyridine rings is 1. The minimum absolute atomic E-state index is 0.0995. The van der Waals surface area contributed by atoms with Crippen LogP contribution in [0.3, 0.4) is 0 Å². The van der Waals surface area contributed by atoms with Gasteiger partial charge < -0.3 is 4.57 Å². The first-order valence-electron chi connectivity index (χ1n) is 4.30. The average molecular weight is 291 g/mol. The van der Waals surface area contributed by atoms with Gasteiger partial charge in [-0.2, -0.15) is 0 Å². The van der Waals surface area contributed by atoms with Crippen LogP contribution in [0.25, 0.3) is 0 Å². The zero-order valence-corrected chi connectivity index (χ0v) is 10.5. The van der Waals surface area contributed by atoms with E-state index in [1.807, 2.05) is 13.1 Å². The Hall–Kier alpha value is -0.320. The van der Waals surface area contributed by atoms with E-state index in [1.54, 1.807) is 11.6 Å². The van der Waals surface area contributed by atoms with Crippen LogP contribution in [0.5, 0.6) is 0 Å². The largest absolute Gasteiger partial charge is 0.317 e. The summed E-state index contributed by atoms with van der Waals surface area (Å²) in [6.07, 6.45) is 1.94. The normalized spacial score (nSPS) is 10.9. The lowest BCUT2D eigenvalue weighted by Crippen LogP contribution is -2.21. The van der Waals surface area contributed by atoms with Crippen molar-refractivity contribution in [1.29, 1.82) is 0 Å². The summed E-state index contributed by atoms with van der Waals surface area (Å²) in [7, 11) is 1.80. The Morgan fingerprint density at radius 1 is 1.46 bits per heavy atom. The van der Waals surface area contributed by atoms with E-state index >= 15 is 0 Å². The van der Waals surface area contributed by atoms with Gasteiger partial charge in [0.05, 0.1) is 3.57 Å². The molecule has 0 spiro atoms. The van der Waals surface area contributed by atoms with Crippen molar-refractivity contribution in [3.05, 3.63) is 31.2 Å². The highest BCUT2D eigenvalue weighted by Gasteiger charge is 2.10. The summed E-state index contributed by atoms with van der Waals surface area (Å²) < 4.78 is 2.50. The lowest BCUT2D eigenvalue weighted by molar-refractivity contribution is 0.778. The first-order valence-corrected chi connectivity index (χ1v) is 5.38. The molecule has 3 heteroatoms. The smallest absolute Gasteiger partial charge is 0.263 e. The molecule has 0 saturated heterocycles. The molecule has 1 aromatic rings. The van der Waals surface area contributed by atoms with Crippen LogP contribution in [-0.2, 0) is 7.05 Å². The van der Waals surface area contributed by atoms with Gasteiger partial charge in [0.25, 0.3) is 5.56 Å². The summed E-state index contributed by atoms with van der Waals surface area (Å²) in [6, 6.07) is 0. The van der Waals surface area contributed by atoms with Gasteiger partial charge in [-0.15, -0.1) is 0 Å². The SMILES string of the molecule is Cc1c(C(C)C)cn(C)c(=O)c1I. The molecule has 13 heavy (non-hydrogen) atoms. The summed E-state index contributed by atoms with van der Waals surface area (Å²) in [6.45, 7) is 6.30. The second-order valence-electron chi connectivity index (χ2n) is 3.59. The number of rotatable bonds is 1. The fourth-order valence-corrected chi connectivity index (χ4v) is 2.08. The zero-order valence-electron chi connectivity index (χ0n) is 8.39. The van der Waals surface area contributed by atoms with Crippen molar-refractivity contribution in [2.45, 2.75) is 26.7 Å². The van der Waals surface area contributed by atoms with Gasteiger partial charge in [-0.3, -0.25) is 4.79 Å². The van der Waals surface area contributed by atoms with Crippen molar-refractivity contribution in [3.63, 3.8) is 0 Å². The van der Waals surface area contributed by atoms with Crippen molar-refractivity contribution in [1.82, 2.24) is 4.57 Å². The Labute approximate surface area is 92.1 Å². The molecule has 0 atom stereocenters. The Morgan fingerprint density at radius 2 is 2.00 bits per heavy atom. The molecule has 1 aromatic heterocycles. The van der Waals surface area contributed by atoms with Crippen LogP contribution in [0.2, 0.25) is 0 Å². The molecular formula is C10H14INO. The van der Waals surface area contributed by atoms with Crippen molar-refractivity contribution in [2.75, 3.05) is 0 Å². The van der Waals surface area contributed by atoms with E-state index in [0.29, 0.717) is 5.92 Å². The zero-order chi connectivity index (χ0) is 10.2. The van der Waals surface area contributed by atoms with Gasteiger partial charge in [-0.25, -0.2) is 0 Å². The van der Waals surface area contributed by atoms with E-state index in [1.165, 1.54) is 5.56 Å². The van der Waals surface area contributed by atoms with Gasteiger partial charge >= 0.3 is 0 Å². The molecule has 0 unspecified atom stereocenters. The third-order valence-corrected chi connectivity index (χ3v) is 3.50. The number of aromatic nitrogens is 1. The molecule has 0 radical (unpaired) electrons. The summed E-state index contributed by atoms with van der Waals surface area (Å²) in [5.41, 5.74) is 2.48. The summed E-state index contributed by atoms with van der Waals surface area (Å²) >= 11 is 2.12. The van der Waals surface area contributed by atoms with E-state index in [-0.39, 0.29) is 5.56 Å². The molecule has 0 aromatic carbocycles. The number of hydrogen-bond donors (Lipinski definition) is 0. The lowest BCUT2D eigenvalue weighted by Gasteiger charge is -2.12. The maximum Gasteiger partial charge on any atom is 0.263 e. The van der Waals surface area contributed by atoms with Gasteiger partial charge in [0.1, 0.15) is 0 Å². The predicted octanol–water partition coefficient (Wildman–Crippen LogP) is 2.42. The molecule has 1 heterocycles. The van der Waals surface area contributed by atoms with E-state index < -0.39 is 0 Å². The third kappa shape index (κ3) is 1.95. The molecule has 1 rings (SSSR count). The number of aryl methyl sites for hydroxylation is 1. The minimum Gasteiger partial charge on any atom is -0.317 e. The molecule has 72 valence electrons. The van der Waals surface area contributed by atoms with Crippen LogP contribution in [0.1, 0.15) is 30.9 Å². The maximum absolute atomic E-state index is 11.5. The van der Waals surface area contributed by atoms with Crippen LogP contribution in [-0.4, -0.2) is 4.57 Å². The maximum atomic E-state index is 11.5. The fraction of sp³-hybridized carbons (Fsp3) is 0.500. The second-order valence-corrected chi connectivity index (χ2v) is 4.67. The number of nitrogens with zero attached hydrogens (tertiary/aromatic N) is 1. The van der Waals surface area contributed by atoms with Gasteiger partial charge in [0.2, 0.25) is 0 Å². The molecule has 0 aliphatic rings. The molecule has 0 amide bonds. The van der Waals surface area contributed by atoms with Gasteiger partial charge in [-0.1, -0.05) is 13.8 Å². The molecule has 0 aliphatic heterocycles. The second kappa shape index (κ2) is 3.82. The molecule has 0 saturated carbocycles. The summed E-state index contributed by atoms with van der Waals surface area (Å²) in [5.74, 6) is 0.473. The summed E-state index contributed by atoms with van der Waals surface area (Å²) in [5, 5.41) is 0. The minimum atomic E-state index is 0.0995. The van der Waals surface area contributed by atoms with E-state index in [4.69, 9.17) is 0 Å². The average Bonchev–Trinajstić information content (AvgIpc) is 2.07. The molecule has 0 fully saturated rings. The summed E-state index contributed by atoms with van der Waals surface area (Å²) in [4.78, 5) is 11.5. The highest BCUT2D eigenvalue weighted by Crippen LogP contribution is 2.20. The van der Waals surface area contributed by atoms with E-state index in [2.05, 4.69) is 36.4 Å². The monoisotopic (exact) mass is 291 g/mol. The Morgan fingerprint density at radius 3 is 2.46 bits per heavy atom. The van der Waals surface area contributed by atoms with Crippen LogP contribution < -0.4 is 5.56 Å². The first kappa shape index (κ1) is 10.8. The van der Waals surface area contributed by atoms with Gasteiger partial charge in [-0.05, 0) is 46.6 Å². The number of halogens is 1. The first-order chi connectivity index (χ1) is 5.95. The quantitative estimate of drug-likeness (QED) is 0.728. The molecule has 0 bridgehead atoms. The highest BCUT2D eigenvalue weighted by molar-refractivity contribution is 14.1. The van der Waals surface area contributed by atoms with Crippen LogP contribution in [0.15, 0.2) is 11.0 Å². The van der Waals surface area contributed by atoms with Crippen LogP contribution in [0, 0.1) is 10.5 Å². The Bertz CT molecular complexity index is 379. The van der Waals surface area contributed by atoms with Crippen LogP contribution in [0.4, 0.5) is 0 Å². The molecular weight excluding hydrogens is 277 g/mol. The van der Waals surface area contributed by atoms with Crippen LogP contribution >= 0.6 is 22.6 Å². The third-order valence-electron chi connectivity index (χ3n) is 2.23. The van der Waals surface area contributed by atoms with E-state index in [0.717, 1.165) is 9.13 Å². The van der Waals surface area contributed by atoms with Gasteiger partial charge in [0.15, 0.2) is 0 Å². The van der Waals surface area contributed by atoms with Crippen molar-refractivity contribution < 1.29 is 0 Å². The van der Waals surface area contributed by atoms with Crippen molar-refractivity contribution in [3.8, 4) is 0 Å². The fourth-order valence-electron chi connectivity index (χ4n) is 1.39. The Balaban J connectivity index is 3.50. The Kier molecular flexibility index (Phi) is 3.16. The van der Waals surface area contributed by atoms with Crippen molar-refractivity contribution in [2.24, 2.45) is 7.05 Å². The molecule has 0 aliphatic carbocycles. The predicted molar refractivity (Wildman–Crippen MR) is 63.2 cm³/mol. The van der Waals surface area contributed by atoms with Gasteiger partial charge in [0, 0.05) is 13.2 Å². The molecule has 0 N–H and O–H groups in total. The lowest BCUT2D eigenvalue weighted by atomic mass is 10.0. The molecule has 2 nitrogen and oxygen atoms in total. The number of hydrogen-bond acceptors (Lipinski definition) is 1. The highest BCUT2D eigenvalue weighted by atomic mass is 127. The topological polar surface area (TPSA) is 22.0 Å². The standard InChI is InChI=1S/C10H14INO/c1-6(2)8-5-12(4)10(13)9(11)7(8)3/h5-6H,1-4H3.